The van der Waals surface area contributed by atoms with Crippen LogP contribution >= 0.6 is 0 Å². The third-order valence-corrected chi connectivity index (χ3v) is 4.56. The standard InChI is InChI=1S/C22H25N5O/c1-4-27(5-2)18-12-10-17(11-13-18)23-20-14-15-21(26-25-20)24-22(28)19-9-7-6-8-16(19)3/h6-15H,4-5H2,1-3H3,(H,23,25)(H,24,26,28). The maximum absolute atomic E-state index is 12.3. The summed E-state index contributed by atoms with van der Waals surface area (Å²) < 4.78 is 0. The fourth-order valence-electron chi connectivity index (χ4n) is 2.97. The number of hydrogen-bond donors (Lipinski definition) is 2. The SMILES string of the molecule is CCN(CC)c1ccc(Nc2ccc(NC(=O)c3ccccc3C)nn2)cc1. The molecule has 0 unspecified atom stereocenters. The van der Waals surface area contributed by atoms with Crippen LogP contribution in [0.25, 0.3) is 0 Å². The molecular weight excluding hydrogens is 350 g/mol. The Kier molecular flexibility index (Phi) is 6.22. The molecule has 0 aliphatic rings. The predicted octanol–water partition coefficient (Wildman–Crippen LogP) is 4.63. The number of amides is 1. The Labute approximate surface area is 165 Å². The van der Waals surface area contributed by atoms with Gasteiger partial charge in [0.15, 0.2) is 11.6 Å². The van der Waals surface area contributed by atoms with E-state index in [9.17, 15) is 4.79 Å². The van der Waals surface area contributed by atoms with E-state index in [4.69, 9.17) is 0 Å². The summed E-state index contributed by atoms with van der Waals surface area (Å²) >= 11 is 0. The van der Waals surface area contributed by atoms with Gasteiger partial charge in [-0.1, -0.05) is 18.2 Å². The van der Waals surface area contributed by atoms with Gasteiger partial charge in [-0.25, -0.2) is 0 Å². The molecule has 0 aliphatic heterocycles. The fraction of sp³-hybridized carbons (Fsp3) is 0.227. The molecule has 3 rings (SSSR count). The van der Waals surface area contributed by atoms with Gasteiger partial charge in [-0.15, -0.1) is 10.2 Å². The summed E-state index contributed by atoms with van der Waals surface area (Å²) in [5, 5.41) is 14.2. The quantitative estimate of drug-likeness (QED) is 0.630. The van der Waals surface area contributed by atoms with E-state index in [0.29, 0.717) is 17.2 Å². The van der Waals surface area contributed by atoms with Crippen molar-refractivity contribution in [3.8, 4) is 0 Å². The zero-order chi connectivity index (χ0) is 19.9. The molecule has 0 saturated carbocycles. The minimum absolute atomic E-state index is 0.194. The van der Waals surface area contributed by atoms with Crippen LogP contribution in [-0.4, -0.2) is 29.2 Å². The molecule has 1 amide bonds. The molecule has 1 aromatic heterocycles. The first-order valence-electron chi connectivity index (χ1n) is 9.43. The Morgan fingerprint density at radius 3 is 2.14 bits per heavy atom. The van der Waals surface area contributed by atoms with E-state index < -0.39 is 0 Å². The third-order valence-electron chi connectivity index (χ3n) is 4.56. The summed E-state index contributed by atoms with van der Waals surface area (Å²) in [5.74, 6) is 0.834. The van der Waals surface area contributed by atoms with Gasteiger partial charge < -0.3 is 15.5 Å². The summed E-state index contributed by atoms with van der Waals surface area (Å²) in [6, 6.07) is 19.2. The largest absolute Gasteiger partial charge is 0.372 e. The van der Waals surface area contributed by atoms with Gasteiger partial charge in [0.25, 0.3) is 5.91 Å². The van der Waals surface area contributed by atoms with E-state index in [1.165, 1.54) is 5.69 Å². The second-order valence-corrected chi connectivity index (χ2v) is 6.42. The Hall–Kier alpha value is -3.41. The van der Waals surface area contributed by atoms with E-state index in [-0.39, 0.29) is 5.91 Å². The lowest BCUT2D eigenvalue weighted by Gasteiger charge is -2.21. The van der Waals surface area contributed by atoms with Crippen molar-refractivity contribution in [2.45, 2.75) is 20.8 Å². The number of carbonyl (C=O) groups is 1. The van der Waals surface area contributed by atoms with Crippen molar-refractivity contribution in [3.63, 3.8) is 0 Å². The number of aromatic nitrogens is 2. The summed E-state index contributed by atoms with van der Waals surface area (Å²) in [4.78, 5) is 14.6. The minimum Gasteiger partial charge on any atom is -0.372 e. The van der Waals surface area contributed by atoms with Crippen molar-refractivity contribution in [3.05, 3.63) is 71.8 Å². The van der Waals surface area contributed by atoms with Crippen molar-refractivity contribution in [1.29, 1.82) is 0 Å². The van der Waals surface area contributed by atoms with Crippen LogP contribution in [0.15, 0.2) is 60.7 Å². The fourth-order valence-corrected chi connectivity index (χ4v) is 2.97. The second kappa shape index (κ2) is 8.99. The van der Waals surface area contributed by atoms with E-state index >= 15 is 0 Å². The molecule has 0 radical (unpaired) electrons. The van der Waals surface area contributed by atoms with Crippen LogP contribution in [-0.2, 0) is 0 Å². The third kappa shape index (κ3) is 4.65. The first kappa shape index (κ1) is 19.4. The molecule has 0 fully saturated rings. The van der Waals surface area contributed by atoms with Crippen LogP contribution < -0.4 is 15.5 Å². The van der Waals surface area contributed by atoms with Crippen molar-refractivity contribution in [1.82, 2.24) is 10.2 Å². The number of nitrogens with zero attached hydrogens (tertiary/aromatic N) is 3. The Morgan fingerprint density at radius 2 is 1.54 bits per heavy atom. The van der Waals surface area contributed by atoms with E-state index in [1.807, 2.05) is 37.3 Å². The summed E-state index contributed by atoms with van der Waals surface area (Å²) in [6.07, 6.45) is 0. The molecule has 28 heavy (non-hydrogen) atoms. The molecule has 0 aliphatic carbocycles. The maximum atomic E-state index is 12.3. The molecule has 2 N–H and O–H groups in total. The van der Waals surface area contributed by atoms with Gasteiger partial charge in [0.1, 0.15) is 0 Å². The van der Waals surface area contributed by atoms with Gasteiger partial charge in [-0.05, 0) is 68.8 Å². The van der Waals surface area contributed by atoms with Crippen LogP contribution in [0.3, 0.4) is 0 Å². The molecule has 144 valence electrons. The lowest BCUT2D eigenvalue weighted by molar-refractivity contribution is 0.102. The van der Waals surface area contributed by atoms with Gasteiger partial charge in [-0.3, -0.25) is 4.79 Å². The lowest BCUT2D eigenvalue weighted by atomic mass is 10.1. The molecule has 6 nitrogen and oxygen atoms in total. The van der Waals surface area contributed by atoms with E-state index in [2.05, 4.69) is 51.7 Å². The van der Waals surface area contributed by atoms with Gasteiger partial charge in [-0.2, -0.15) is 0 Å². The van der Waals surface area contributed by atoms with Crippen molar-refractivity contribution in [2.24, 2.45) is 0 Å². The minimum atomic E-state index is -0.194. The molecule has 0 atom stereocenters. The highest BCUT2D eigenvalue weighted by Crippen LogP contribution is 2.20. The molecule has 3 aromatic rings. The van der Waals surface area contributed by atoms with Crippen LogP contribution in [0.4, 0.5) is 23.0 Å². The molecule has 2 aromatic carbocycles. The smallest absolute Gasteiger partial charge is 0.257 e. The number of carbonyl (C=O) groups excluding carboxylic acids is 1. The highest BCUT2D eigenvalue weighted by atomic mass is 16.1. The van der Waals surface area contributed by atoms with Gasteiger partial charge in [0, 0.05) is 30.0 Å². The van der Waals surface area contributed by atoms with Crippen LogP contribution in [0.5, 0.6) is 0 Å². The number of aryl methyl sites for hydroxylation is 1. The highest BCUT2D eigenvalue weighted by molar-refractivity contribution is 6.04. The second-order valence-electron chi connectivity index (χ2n) is 6.42. The Morgan fingerprint density at radius 1 is 0.893 bits per heavy atom. The van der Waals surface area contributed by atoms with Crippen molar-refractivity contribution in [2.75, 3.05) is 28.6 Å². The summed E-state index contributed by atoms with van der Waals surface area (Å²) in [7, 11) is 0. The van der Waals surface area contributed by atoms with Gasteiger partial charge >= 0.3 is 0 Å². The maximum Gasteiger partial charge on any atom is 0.257 e. The van der Waals surface area contributed by atoms with Crippen molar-refractivity contribution >= 4 is 28.9 Å². The number of anilines is 4. The monoisotopic (exact) mass is 375 g/mol. The average Bonchev–Trinajstić information content (AvgIpc) is 2.72. The van der Waals surface area contributed by atoms with Crippen LogP contribution in [0.2, 0.25) is 0 Å². The van der Waals surface area contributed by atoms with E-state index in [1.54, 1.807) is 18.2 Å². The van der Waals surface area contributed by atoms with Crippen LogP contribution in [0, 0.1) is 6.92 Å². The molecule has 0 saturated heterocycles. The van der Waals surface area contributed by atoms with Crippen molar-refractivity contribution < 1.29 is 4.79 Å². The highest BCUT2D eigenvalue weighted by Gasteiger charge is 2.09. The van der Waals surface area contributed by atoms with E-state index in [0.717, 1.165) is 24.3 Å². The Balaban J connectivity index is 1.63. The molecule has 0 spiro atoms. The summed E-state index contributed by atoms with van der Waals surface area (Å²) in [5.41, 5.74) is 3.66. The van der Waals surface area contributed by atoms with Crippen LogP contribution in [0.1, 0.15) is 29.8 Å². The molecule has 6 heteroatoms. The molecule has 1 heterocycles. The summed E-state index contributed by atoms with van der Waals surface area (Å²) in [6.45, 7) is 8.14. The first-order chi connectivity index (χ1) is 13.6. The van der Waals surface area contributed by atoms with Gasteiger partial charge in [0.05, 0.1) is 0 Å². The number of hydrogen-bond acceptors (Lipinski definition) is 5. The normalized spacial score (nSPS) is 10.4. The number of rotatable bonds is 7. The molecular formula is C22H25N5O. The number of benzene rings is 2. The lowest BCUT2D eigenvalue weighted by Crippen LogP contribution is -2.21. The van der Waals surface area contributed by atoms with Gasteiger partial charge in [0.2, 0.25) is 0 Å². The Bertz CT molecular complexity index is 918. The predicted molar refractivity (Wildman–Crippen MR) is 114 cm³/mol. The number of nitrogens with one attached hydrogen (secondary N) is 2. The first-order valence-corrected chi connectivity index (χ1v) is 9.43. The topological polar surface area (TPSA) is 70.2 Å². The zero-order valence-electron chi connectivity index (χ0n) is 16.4. The molecule has 0 bridgehead atoms. The average molecular weight is 375 g/mol. The zero-order valence-corrected chi connectivity index (χ0v) is 16.4.